The SMILES string of the molecule is CC[C@H](C)[C@H](NC(=O)[C@@H](NS(=O)(=O)c1cc(Cl)cc(Cl)c1)C(C)C)C(=O)NO. The average molecular weight is 454 g/mol. The van der Waals surface area contributed by atoms with Crippen molar-refractivity contribution >= 4 is 45.0 Å². The molecule has 0 unspecified atom stereocenters. The van der Waals surface area contributed by atoms with Crippen LogP contribution in [-0.4, -0.2) is 37.5 Å². The van der Waals surface area contributed by atoms with Crippen LogP contribution < -0.4 is 15.5 Å². The first-order valence-corrected chi connectivity index (χ1v) is 10.9. The number of amides is 2. The molecule has 28 heavy (non-hydrogen) atoms. The highest BCUT2D eigenvalue weighted by molar-refractivity contribution is 7.89. The lowest BCUT2D eigenvalue weighted by Gasteiger charge is -2.27. The number of carbonyl (C=O) groups excluding carboxylic acids is 2. The number of halogens is 2. The number of hydrogen-bond acceptors (Lipinski definition) is 5. The minimum Gasteiger partial charge on any atom is -0.343 e. The fourth-order valence-corrected chi connectivity index (χ4v) is 4.49. The predicted molar refractivity (Wildman–Crippen MR) is 107 cm³/mol. The molecule has 0 aromatic heterocycles. The van der Waals surface area contributed by atoms with Gasteiger partial charge in [-0.3, -0.25) is 14.8 Å². The van der Waals surface area contributed by atoms with Gasteiger partial charge in [0.25, 0.3) is 5.91 Å². The van der Waals surface area contributed by atoms with Crippen LogP contribution in [0.1, 0.15) is 34.1 Å². The predicted octanol–water partition coefficient (Wildman–Crippen LogP) is 2.33. The quantitative estimate of drug-likeness (QED) is 0.337. The fraction of sp³-hybridized carbons (Fsp3) is 0.529. The highest BCUT2D eigenvalue weighted by Crippen LogP contribution is 2.23. The smallest absolute Gasteiger partial charge is 0.266 e. The maximum Gasteiger partial charge on any atom is 0.266 e. The number of nitrogens with one attached hydrogen (secondary N) is 3. The standard InChI is InChI=1S/C17H25Cl2N3O5S/c1-5-10(4)15(17(24)21-25)20-16(23)14(9(2)3)22-28(26,27)13-7-11(18)6-12(19)8-13/h6-10,14-15,22,25H,5H2,1-4H3,(H,20,23)(H,21,24)/t10-,14-,15-/m0/s1. The summed E-state index contributed by atoms with van der Waals surface area (Å²) in [5, 5.41) is 11.7. The van der Waals surface area contributed by atoms with E-state index >= 15 is 0 Å². The highest BCUT2D eigenvalue weighted by Gasteiger charge is 2.33. The van der Waals surface area contributed by atoms with Gasteiger partial charge in [0.1, 0.15) is 12.1 Å². The second kappa shape index (κ2) is 10.4. The van der Waals surface area contributed by atoms with Crippen LogP contribution in [0.5, 0.6) is 0 Å². The Bertz CT molecular complexity index is 797. The first-order valence-electron chi connectivity index (χ1n) is 8.65. The largest absolute Gasteiger partial charge is 0.343 e. The van der Waals surface area contributed by atoms with Crippen LogP contribution in [0.4, 0.5) is 0 Å². The highest BCUT2D eigenvalue weighted by atomic mass is 35.5. The van der Waals surface area contributed by atoms with Gasteiger partial charge in [0.2, 0.25) is 15.9 Å². The second-order valence-corrected chi connectivity index (χ2v) is 9.38. The maximum absolute atomic E-state index is 12.7. The molecule has 4 N–H and O–H groups in total. The van der Waals surface area contributed by atoms with Gasteiger partial charge in [-0.2, -0.15) is 4.72 Å². The van der Waals surface area contributed by atoms with E-state index in [0.29, 0.717) is 6.42 Å². The van der Waals surface area contributed by atoms with E-state index in [1.54, 1.807) is 20.8 Å². The van der Waals surface area contributed by atoms with Crippen LogP contribution in [0.25, 0.3) is 0 Å². The van der Waals surface area contributed by atoms with Crippen molar-refractivity contribution in [1.29, 1.82) is 0 Å². The van der Waals surface area contributed by atoms with E-state index in [9.17, 15) is 18.0 Å². The average Bonchev–Trinajstić information content (AvgIpc) is 2.61. The third-order valence-electron chi connectivity index (χ3n) is 4.28. The Labute approximate surface area is 175 Å². The summed E-state index contributed by atoms with van der Waals surface area (Å²) >= 11 is 11.7. The molecule has 0 heterocycles. The topological polar surface area (TPSA) is 125 Å². The molecule has 8 nitrogen and oxygen atoms in total. The summed E-state index contributed by atoms with van der Waals surface area (Å²) in [6.07, 6.45) is 0.553. The van der Waals surface area contributed by atoms with Crippen molar-refractivity contribution in [3.05, 3.63) is 28.2 Å². The van der Waals surface area contributed by atoms with Crippen molar-refractivity contribution in [2.45, 2.75) is 51.1 Å². The zero-order valence-corrected chi connectivity index (χ0v) is 18.3. The molecule has 0 saturated heterocycles. The van der Waals surface area contributed by atoms with Gasteiger partial charge in [0.15, 0.2) is 0 Å². The number of hydrogen-bond donors (Lipinski definition) is 4. The Morgan fingerprint density at radius 2 is 1.57 bits per heavy atom. The molecular formula is C17H25Cl2N3O5S. The van der Waals surface area contributed by atoms with Crippen molar-refractivity contribution in [2.24, 2.45) is 11.8 Å². The minimum absolute atomic E-state index is 0.134. The monoisotopic (exact) mass is 453 g/mol. The Morgan fingerprint density at radius 3 is 2.00 bits per heavy atom. The summed E-state index contributed by atoms with van der Waals surface area (Å²) in [5.74, 6) is -2.19. The fourth-order valence-electron chi connectivity index (χ4n) is 2.43. The third-order valence-corrected chi connectivity index (χ3v) is 6.14. The molecule has 158 valence electrons. The minimum atomic E-state index is -4.11. The molecule has 0 bridgehead atoms. The summed E-state index contributed by atoms with van der Waals surface area (Å²) in [4.78, 5) is 24.4. The van der Waals surface area contributed by atoms with Crippen LogP contribution in [0, 0.1) is 11.8 Å². The molecule has 11 heteroatoms. The van der Waals surface area contributed by atoms with Gasteiger partial charge < -0.3 is 5.32 Å². The van der Waals surface area contributed by atoms with Crippen molar-refractivity contribution in [1.82, 2.24) is 15.5 Å². The Kier molecular flexibility index (Phi) is 9.16. The van der Waals surface area contributed by atoms with E-state index in [2.05, 4.69) is 10.0 Å². The summed E-state index contributed by atoms with van der Waals surface area (Å²) in [6.45, 7) is 6.85. The van der Waals surface area contributed by atoms with E-state index in [1.807, 2.05) is 6.92 Å². The Hall–Kier alpha value is -1.39. The molecule has 1 rings (SSSR count). The lowest BCUT2D eigenvalue weighted by atomic mass is 9.97. The van der Waals surface area contributed by atoms with E-state index < -0.39 is 39.8 Å². The van der Waals surface area contributed by atoms with Crippen LogP contribution in [0.15, 0.2) is 23.1 Å². The van der Waals surface area contributed by atoms with Gasteiger partial charge in [0.05, 0.1) is 4.90 Å². The lowest BCUT2D eigenvalue weighted by molar-refractivity contribution is -0.136. The molecule has 1 aromatic rings. The summed E-state index contributed by atoms with van der Waals surface area (Å²) < 4.78 is 27.7. The molecule has 3 atom stereocenters. The molecule has 0 fully saturated rings. The van der Waals surface area contributed by atoms with Gasteiger partial charge in [-0.25, -0.2) is 13.9 Å². The first kappa shape index (κ1) is 24.6. The van der Waals surface area contributed by atoms with Gasteiger partial charge in [-0.15, -0.1) is 0 Å². The van der Waals surface area contributed by atoms with Crippen LogP contribution in [0.2, 0.25) is 10.0 Å². The molecule has 0 radical (unpaired) electrons. The normalized spacial score (nSPS) is 15.0. The molecule has 0 aliphatic heterocycles. The zero-order valence-electron chi connectivity index (χ0n) is 16.0. The van der Waals surface area contributed by atoms with E-state index in [0.717, 1.165) is 0 Å². The summed E-state index contributed by atoms with van der Waals surface area (Å²) in [6, 6.07) is 1.63. The molecule has 0 saturated carbocycles. The molecule has 0 aliphatic carbocycles. The second-order valence-electron chi connectivity index (χ2n) is 6.80. The van der Waals surface area contributed by atoms with E-state index in [4.69, 9.17) is 28.4 Å². The van der Waals surface area contributed by atoms with Gasteiger partial charge >= 0.3 is 0 Å². The van der Waals surface area contributed by atoms with Crippen molar-refractivity contribution < 1.29 is 23.2 Å². The molecule has 1 aromatic carbocycles. The lowest BCUT2D eigenvalue weighted by Crippen LogP contribution is -2.56. The Morgan fingerprint density at radius 1 is 1.04 bits per heavy atom. The van der Waals surface area contributed by atoms with E-state index in [-0.39, 0.29) is 20.9 Å². The zero-order chi connectivity index (χ0) is 21.6. The van der Waals surface area contributed by atoms with Crippen LogP contribution in [-0.2, 0) is 19.6 Å². The van der Waals surface area contributed by atoms with Crippen molar-refractivity contribution in [3.8, 4) is 0 Å². The maximum atomic E-state index is 12.7. The van der Waals surface area contributed by atoms with Gasteiger partial charge in [-0.05, 0) is 30.0 Å². The van der Waals surface area contributed by atoms with Crippen molar-refractivity contribution in [2.75, 3.05) is 0 Å². The molecule has 2 amide bonds. The summed E-state index contributed by atoms with van der Waals surface area (Å²) in [7, 11) is -4.11. The Balaban J connectivity index is 3.12. The number of hydroxylamine groups is 1. The number of sulfonamides is 1. The summed E-state index contributed by atoms with van der Waals surface area (Å²) in [5.41, 5.74) is 1.52. The third kappa shape index (κ3) is 6.59. The van der Waals surface area contributed by atoms with Crippen LogP contribution in [0.3, 0.4) is 0 Å². The van der Waals surface area contributed by atoms with E-state index in [1.165, 1.54) is 23.7 Å². The number of rotatable bonds is 9. The van der Waals surface area contributed by atoms with Gasteiger partial charge in [0, 0.05) is 10.0 Å². The van der Waals surface area contributed by atoms with Crippen LogP contribution >= 0.6 is 23.2 Å². The molecule has 0 aliphatic rings. The number of carbonyl (C=O) groups is 2. The molecular weight excluding hydrogens is 429 g/mol. The number of benzene rings is 1. The first-order chi connectivity index (χ1) is 12.9. The van der Waals surface area contributed by atoms with Crippen molar-refractivity contribution in [3.63, 3.8) is 0 Å². The van der Waals surface area contributed by atoms with Gasteiger partial charge in [-0.1, -0.05) is 57.3 Å². The molecule has 0 spiro atoms.